The zero-order chi connectivity index (χ0) is 21.5. The second-order valence-electron chi connectivity index (χ2n) is 6.72. The fraction of sp³-hybridized carbons (Fsp3) is 0.333. The minimum Gasteiger partial charge on any atom is -0.480 e. The quantitative estimate of drug-likeness (QED) is 0.562. The summed E-state index contributed by atoms with van der Waals surface area (Å²) in [5.74, 6) is 0.326. The number of alkyl halides is 3. The molecular formula is C18H18F3N7O2. The lowest BCUT2D eigenvalue weighted by Crippen LogP contribution is -2.25. The predicted octanol–water partition coefficient (Wildman–Crippen LogP) is 2.83. The summed E-state index contributed by atoms with van der Waals surface area (Å²) in [6.07, 6.45) is -0.624. The fourth-order valence-corrected chi connectivity index (χ4v) is 2.85. The van der Waals surface area contributed by atoms with Crippen LogP contribution in [0.5, 0.6) is 5.88 Å². The SMILES string of the molecule is CNc1cc(Nc2cc(C(F)(F)F)cnc2OC)nc2c(C(=O)NC3CC3)cnn12. The number of hydrogen-bond donors (Lipinski definition) is 3. The molecule has 158 valence electrons. The smallest absolute Gasteiger partial charge is 0.417 e. The Hall–Kier alpha value is -3.57. The zero-order valence-electron chi connectivity index (χ0n) is 16.0. The van der Waals surface area contributed by atoms with Gasteiger partial charge < -0.3 is 20.7 Å². The van der Waals surface area contributed by atoms with Crippen molar-refractivity contribution < 1.29 is 22.7 Å². The Bertz CT molecular complexity index is 1110. The highest BCUT2D eigenvalue weighted by atomic mass is 19.4. The van der Waals surface area contributed by atoms with Crippen molar-refractivity contribution in [1.29, 1.82) is 0 Å². The molecule has 0 saturated heterocycles. The molecular weight excluding hydrogens is 403 g/mol. The van der Waals surface area contributed by atoms with Crippen LogP contribution in [-0.4, -0.2) is 45.7 Å². The Kier molecular flexibility index (Phi) is 4.84. The summed E-state index contributed by atoms with van der Waals surface area (Å²) in [5.41, 5.74) is -0.443. The van der Waals surface area contributed by atoms with Crippen LogP contribution >= 0.6 is 0 Å². The number of halogens is 3. The molecule has 0 radical (unpaired) electrons. The summed E-state index contributed by atoms with van der Waals surface area (Å²) in [4.78, 5) is 20.6. The van der Waals surface area contributed by atoms with Gasteiger partial charge in [-0.15, -0.1) is 0 Å². The molecule has 0 unspecified atom stereocenters. The molecule has 0 spiro atoms. The van der Waals surface area contributed by atoms with E-state index in [1.165, 1.54) is 17.8 Å². The van der Waals surface area contributed by atoms with Crippen molar-refractivity contribution in [3.05, 3.63) is 35.7 Å². The molecule has 1 aliphatic rings. The monoisotopic (exact) mass is 421 g/mol. The number of fused-ring (bicyclic) bond motifs is 1. The number of nitrogens with zero attached hydrogens (tertiary/aromatic N) is 4. The van der Waals surface area contributed by atoms with Gasteiger partial charge in [0.1, 0.15) is 22.9 Å². The van der Waals surface area contributed by atoms with Gasteiger partial charge in [-0.05, 0) is 18.9 Å². The predicted molar refractivity (Wildman–Crippen MR) is 102 cm³/mol. The summed E-state index contributed by atoms with van der Waals surface area (Å²) in [6.45, 7) is 0. The van der Waals surface area contributed by atoms with E-state index < -0.39 is 11.7 Å². The summed E-state index contributed by atoms with van der Waals surface area (Å²) < 4.78 is 45.8. The maximum atomic E-state index is 13.1. The summed E-state index contributed by atoms with van der Waals surface area (Å²) in [5, 5.41) is 12.8. The van der Waals surface area contributed by atoms with Crippen LogP contribution in [0.4, 0.5) is 30.5 Å². The van der Waals surface area contributed by atoms with Gasteiger partial charge in [0.25, 0.3) is 5.91 Å². The summed E-state index contributed by atoms with van der Waals surface area (Å²) in [6, 6.07) is 2.58. The summed E-state index contributed by atoms with van der Waals surface area (Å²) >= 11 is 0. The van der Waals surface area contributed by atoms with E-state index in [1.54, 1.807) is 13.1 Å². The molecule has 4 rings (SSSR count). The first-order chi connectivity index (χ1) is 14.3. The Morgan fingerprint density at radius 3 is 2.67 bits per heavy atom. The van der Waals surface area contributed by atoms with E-state index in [4.69, 9.17) is 4.74 Å². The van der Waals surface area contributed by atoms with Crippen molar-refractivity contribution in [2.75, 3.05) is 24.8 Å². The number of anilines is 3. The zero-order valence-corrected chi connectivity index (χ0v) is 16.0. The third-order valence-electron chi connectivity index (χ3n) is 4.52. The van der Waals surface area contributed by atoms with Crippen molar-refractivity contribution in [3.63, 3.8) is 0 Å². The number of carbonyl (C=O) groups excluding carboxylic acids is 1. The van der Waals surface area contributed by atoms with Crippen molar-refractivity contribution in [1.82, 2.24) is 24.9 Å². The highest BCUT2D eigenvalue weighted by Crippen LogP contribution is 2.34. The van der Waals surface area contributed by atoms with Gasteiger partial charge in [0.05, 0.1) is 18.9 Å². The molecule has 1 aliphatic carbocycles. The molecule has 3 aromatic heterocycles. The molecule has 3 heterocycles. The number of hydrogen-bond acceptors (Lipinski definition) is 7. The number of aromatic nitrogens is 4. The van der Waals surface area contributed by atoms with Gasteiger partial charge in [0.15, 0.2) is 5.65 Å². The maximum absolute atomic E-state index is 13.1. The van der Waals surface area contributed by atoms with Crippen LogP contribution in [-0.2, 0) is 6.18 Å². The normalized spacial score (nSPS) is 13.9. The lowest BCUT2D eigenvalue weighted by molar-refractivity contribution is -0.137. The van der Waals surface area contributed by atoms with Gasteiger partial charge in [-0.2, -0.15) is 22.8 Å². The third kappa shape index (κ3) is 3.80. The highest BCUT2D eigenvalue weighted by molar-refractivity contribution is 6.00. The lowest BCUT2D eigenvalue weighted by Gasteiger charge is -2.14. The van der Waals surface area contributed by atoms with Gasteiger partial charge in [0, 0.05) is 25.4 Å². The largest absolute Gasteiger partial charge is 0.480 e. The van der Waals surface area contributed by atoms with Crippen LogP contribution in [0.3, 0.4) is 0 Å². The molecule has 0 bridgehead atoms. The van der Waals surface area contributed by atoms with Crippen LogP contribution < -0.4 is 20.7 Å². The Morgan fingerprint density at radius 1 is 1.27 bits per heavy atom. The number of rotatable bonds is 6. The van der Waals surface area contributed by atoms with Gasteiger partial charge in [-0.3, -0.25) is 4.79 Å². The molecule has 12 heteroatoms. The first-order valence-electron chi connectivity index (χ1n) is 9.06. The number of pyridine rings is 1. The first kappa shape index (κ1) is 19.7. The second kappa shape index (κ2) is 7.35. The van der Waals surface area contributed by atoms with Crippen LogP contribution in [0.2, 0.25) is 0 Å². The molecule has 0 aromatic carbocycles. The molecule has 3 N–H and O–H groups in total. The molecule has 0 atom stereocenters. The number of ether oxygens (including phenoxy) is 1. The molecule has 30 heavy (non-hydrogen) atoms. The minimum atomic E-state index is -4.57. The van der Waals surface area contributed by atoms with Crippen molar-refractivity contribution in [3.8, 4) is 5.88 Å². The first-order valence-corrected chi connectivity index (χ1v) is 9.06. The second-order valence-corrected chi connectivity index (χ2v) is 6.72. The van der Waals surface area contributed by atoms with Gasteiger partial charge in [0.2, 0.25) is 5.88 Å². The van der Waals surface area contributed by atoms with Gasteiger partial charge in [-0.1, -0.05) is 0 Å². The number of amides is 1. The van der Waals surface area contributed by atoms with Gasteiger partial charge in [-0.25, -0.2) is 9.97 Å². The van der Waals surface area contributed by atoms with Crippen molar-refractivity contribution >= 4 is 28.9 Å². The number of methoxy groups -OCH3 is 1. The molecule has 3 aromatic rings. The van der Waals surface area contributed by atoms with Crippen LogP contribution in [0.25, 0.3) is 5.65 Å². The van der Waals surface area contributed by atoms with Crippen molar-refractivity contribution in [2.45, 2.75) is 25.1 Å². The number of nitrogens with one attached hydrogen (secondary N) is 3. The lowest BCUT2D eigenvalue weighted by atomic mass is 10.2. The maximum Gasteiger partial charge on any atom is 0.417 e. The van der Waals surface area contributed by atoms with Crippen molar-refractivity contribution in [2.24, 2.45) is 0 Å². The van der Waals surface area contributed by atoms with E-state index in [0.29, 0.717) is 12.0 Å². The van der Waals surface area contributed by atoms with E-state index in [9.17, 15) is 18.0 Å². The van der Waals surface area contributed by atoms with E-state index in [-0.39, 0.29) is 40.5 Å². The standard InChI is InChI=1S/C18H18F3N7O2/c1-22-14-6-13(26-12-5-9(18(19,20)21)7-23-17(12)30-2)27-15-11(8-24-28(14)15)16(29)25-10-3-4-10/h5-8,10,22H,3-4H2,1-2H3,(H,25,29)(H,26,27). The Balaban J connectivity index is 1.75. The van der Waals surface area contributed by atoms with E-state index in [1.807, 2.05) is 0 Å². The van der Waals surface area contributed by atoms with Crippen LogP contribution in [0, 0.1) is 0 Å². The summed E-state index contributed by atoms with van der Waals surface area (Å²) in [7, 11) is 2.95. The molecule has 0 aliphatic heterocycles. The van der Waals surface area contributed by atoms with E-state index in [2.05, 4.69) is 31.0 Å². The Morgan fingerprint density at radius 2 is 2.03 bits per heavy atom. The molecule has 1 amide bonds. The molecule has 1 fully saturated rings. The highest BCUT2D eigenvalue weighted by Gasteiger charge is 2.32. The topological polar surface area (TPSA) is 105 Å². The fourth-order valence-electron chi connectivity index (χ4n) is 2.85. The van der Waals surface area contributed by atoms with Gasteiger partial charge >= 0.3 is 6.18 Å². The average molecular weight is 421 g/mol. The number of carbonyl (C=O) groups is 1. The minimum absolute atomic E-state index is 0.0188. The molecule has 9 nitrogen and oxygen atoms in total. The average Bonchev–Trinajstić information content (AvgIpc) is 3.42. The molecule has 1 saturated carbocycles. The Labute approximate surface area is 168 Å². The van der Waals surface area contributed by atoms with Crippen LogP contribution in [0.15, 0.2) is 24.5 Å². The van der Waals surface area contributed by atoms with E-state index in [0.717, 1.165) is 18.9 Å². The third-order valence-corrected chi connectivity index (χ3v) is 4.52. The van der Waals surface area contributed by atoms with Crippen LogP contribution in [0.1, 0.15) is 28.8 Å². The van der Waals surface area contributed by atoms with E-state index >= 15 is 0 Å².